The molecule has 3 nitrogen and oxygen atoms in total. The molecule has 1 heterocycles. The molecule has 0 aliphatic heterocycles. The fourth-order valence-corrected chi connectivity index (χ4v) is 1.46. The second kappa shape index (κ2) is 3.98. The fraction of sp³-hybridized carbons (Fsp3) is 0. The Kier molecular flexibility index (Phi) is 2.66. The van der Waals surface area contributed by atoms with E-state index < -0.39 is 11.7 Å². The average Bonchev–Trinajstić information content (AvgIpc) is 2.71. The molecule has 0 saturated heterocycles. The molecular weight excluding hydrogens is 233 g/mol. The minimum atomic E-state index is -0.653. The number of nitrogens with two attached hydrogens (primary N) is 1. The van der Waals surface area contributed by atoms with E-state index >= 15 is 0 Å². The van der Waals surface area contributed by atoms with Gasteiger partial charge in [-0.3, -0.25) is 4.79 Å². The number of halogens is 2. The summed E-state index contributed by atoms with van der Waals surface area (Å²) in [5.74, 6) is -0.697. The number of hydrogen-bond acceptors (Lipinski definition) is 2. The van der Waals surface area contributed by atoms with E-state index in [0.717, 1.165) is 0 Å². The van der Waals surface area contributed by atoms with E-state index in [1.54, 1.807) is 6.07 Å². The number of primary amides is 1. The van der Waals surface area contributed by atoms with Gasteiger partial charge in [-0.2, -0.15) is 0 Å². The van der Waals surface area contributed by atoms with Crippen LogP contribution in [-0.4, -0.2) is 5.91 Å². The Morgan fingerprint density at radius 2 is 2.06 bits per heavy atom. The van der Waals surface area contributed by atoms with E-state index in [1.807, 2.05) is 0 Å². The third kappa shape index (κ3) is 1.92. The first-order valence-electron chi connectivity index (χ1n) is 4.43. The number of carbonyl (C=O) groups is 1. The molecule has 0 spiro atoms. The van der Waals surface area contributed by atoms with Crippen molar-refractivity contribution in [3.63, 3.8) is 0 Å². The van der Waals surface area contributed by atoms with Crippen molar-refractivity contribution >= 4 is 17.5 Å². The summed E-state index contributed by atoms with van der Waals surface area (Å²) in [6.45, 7) is 0. The van der Waals surface area contributed by atoms with Crippen LogP contribution in [0.25, 0.3) is 11.3 Å². The lowest BCUT2D eigenvalue weighted by Crippen LogP contribution is -2.09. The molecule has 2 aromatic rings. The lowest BCUT2D eigenvalue weighted by Gasteiger charge is -1.98. The van der Waals surface area contributed by atoms with Crippen LogP contribution >= 0.6 is 11.6 Å². The minimum Gasteiger partial charge on any atom is -0.451 e. The standard InChI is InChI=1S/C11H7ClFNO2/c12-7-5-6(1-2-8(7)13)9-3-4-10(16-9)11(14)15/h1-5H,(H2,14,15). The highest BCUT2D eigenvalue weighted by Gasteiger charge is 2.10. The normalized spacial score (nSPS) is 10.4. The van der Waals surface area contributed by atoms with Crippen molar-refractivity contribution in [3.05, 3.63) is 46.9 Å². The van der Waals surface area contributed by atoms with Crippen LogP contribution in [0.1, 0.15) is 10.6 Å². The van der Waals surface area contributed by atoms with E-state index in [1.165, 1.54) is 24.3 Å². The molecule has 0 unspecified atom stereocenters. The summed E-state index contributed by atoms with van der Waals surface area (Å²) in [4.78, 5) is 10.8. The zero-order valence-corrected chi connectivity index (χ0v) is 8.79. The van der Waals surface area contributed by atoms with E-state index in [9.17, 15) is 9.18 Å². The molecule has 0 aliphatic carbocycles. The first-order valence-corrected chi connectivity index (χ1v) is 4.81. The van der Waals surface area contributed by atoms with Crippen LogP contribution in [0.2, 0.25) is 5.02 Å². The Morgan fingerprint density at radius 1 is 1.31 bits per heavy atom. The lowest BCUT2D eigenvalue weighted by atomic mass is 10.2. The first-order chi connectivity index (χ1) is 7.58. The van der Waals surface area contributed by atoms with E-state index in [2.05, 4.69) is 0 Å². The predicted molar refractivity (Wildman–Crippen MR) is 57.6 cm³/mol. The molecule has 0 saturated carbocycles. The zero-order valence-electron chi connectivity index (χ0n) is 8.04. The molecule has 1 aromatic carbocycles. The Balaban J connectivity index is 2.42. The van der Waals surface area contributed by atoms with Gasteiger partial charge in [0.2, 0.25) is 0 Å². The van der Waals surface area contributed by atoms with Gasteiger partial charge in [-0.15, -0.1) is 0 Å². The van der Waals surface area contributed by atoms with Gasteiger partial charge in [-0.25, -0.2) is 4.39 Å². The zero-order chi connectivity index (χ0) is 11.7. The van der Waals surface area contributed by atoms with Crippen LogP contribution in [0, 0.1) is 5.82 Å². The Bertz CT molecular complexity index is 551. The van der Waals surface area contributed by atoms with Crippen LogP contribution in [0.3, 0.4) is 0 Å². The quantitative estimate of drug-likeness (QED) is 0.876. The summed E-state index contributed by atoms with van der Waals surface area (Å²) in [6, 6.07) is 7.17. The molecule has 5 heteroatoms. The summed E-state index contributed by atoms with van der Waals surface area (Å²) in [7, 11) is 0. The van der Waals surface area contributed by atoms with Crippen molar-refractivity contribution in [2.24, 2.45) is 5.73 Å². The van der Waals surface area contributed by atoms with Crippen molar-refractivity contribution in [3.8, 4) is 11.3 Å². The van der Waals surface area contributed by atoms with Gasteiger partial charge in [0.25, 0.3) is 5.91 Å². The number of rotatable bonds is 2. The highest BCUT2D eigenvalue weighted by Crippen LogP contribution is 2.26. The second-order valence-electron chi connectivity index (χ2n) is 3.16. The molecule has 1 aromatic heterocycles. The van der Waals surface area contributed by atoms with E-state index in [-0.39, 0.29) is 10.8 Å². The van der Waals surface area contributed by atoms with Crippen LogP contribution in [0.5, 0.6) is 0 Å². The predicted octanol–water partition coefficient (Wildman–Crippen LogP) is 2.84. The van der Waals surface area contributed by atoms with Gasteiger partial charge in [0.1, 0.15) is 11.6 Å². The molecule has 1 amide bonds. The molecular formula is C11H7ClFNO2. The summed E-state index contributed by atoms with van der Waals surface area (Å²) in [6.07, 6.45) is 0. The van der Waals surface area contributed by atoms with Crippen LogP contribution in [0.15, 0.2) is 34.7 Å². The van der Waals surface area contributed by atoms with Gasteiger partial charge >= 0.3 is 0 Å². The van der Waals surface area contributed by atoms with Gasteiger partial charge in [-0.05, 0) is 30.3 Å². The highest BCUT2D eigenvalue weighted by atomic mass is 35.5. The molecule has 16 heavy (non-hydrogen) atoms. The van der Waals surface area contributed by atoms with Crippen LogP contribution < -0.4 is 5.73 Å². The van der Waals surface area contributed by atoms with Crippen molar-refractivity contribution < 1.29 is 13.6 Å². The maximum atomic E-state index is 12.9. The van der Waals surface area contributed by atoms with Gasteiger partial charge in [0.15, 0.2) is 5.76 Å². The van der Waals surface area contributed by atoms with Crippen molar-refractivity contribution in [2.45, 2.75) is 0 Å². The number of amides is 1. The topological polar surface area (TPSA) is 56.2 Å². The van der Waals surface area contributed by atoms with Gasteiger partial charge in [0, 0.05) is 5.56 Å². The molecule has 0 fully saturated rings. The van der Waals surface area contributed by atoms with E-state index in [4.69, 9.17) is 21.8 Å². The molecule has 2 rings (SSSR count). The third-order valence-corrected chi connectivity index (χ3v) is 2.34. The SMILES string of the molecule is NC(=O)c1ccc(-c2ccc(F)c(Cl)c2)o1. The van der Waals surface area contributed by atoms with Crippen molar-refractivity contribution in [1.29, 1.82) is 0 Å². The van der Waals surface area contributed by atoms with Gasteiger partial charge < -0.3 is 10.2 Å². The maximum absolute atomic E-state index is 12.9. The smallest absolute Gasteiger partial charge is 0.284 e. The van der Waals surface area contributed by atoms with Crippen LogP contribution in [0.4, 0.5) is 4.39 Å². The minimum absolute atomic E-state index is 0.00507. The van der Waals surface area contributed by atoms with Crippen molar-refractivity contribution in [1.82, 2.24) is 0 Å². The Morgan fingerprint density at radius 3 is 2.62 bits per heavy atom. The summed E-state index contributed by atoms with van der Waals surface area (Å²) < 4.78 is 18.1. The van der Waals surface area contributed by atoms with Crippen molar-refractivity contribution in [2.75, 3.05) is 0 Å². The number of carbonyl (C=O) groups excluding carboxylic acids is 1. The fourth-order valence-electron chi connectivity index (χ4n) is 1.27. The van der Waals surface area contributed by atoms with Gasteiger partial charge in [-0.1, -0.05) is 11.6 Å². The highest BCUT2D eigenvalue weighted by molar-refractivity contribution is 6.31. The Hall–Kier alpha value is -1.81. The first kappa shape index (κ1) is 10.7. The number of furan rings is 1. The third-order valence-electron chi connectivity index (χ3n) is 2.05. The molecule has 0 atom stereocenters. The largest absolute Gasteiger partial charge is 0.451 e. The van der Waals surface area contributed by atoms with E-state index in [0.29, 0.717) is 11.3 Å². The summed E-state index contributed by atoms with van der Waals surface area (Å²) in [5, 5.41) is -0.00507. The van der Waals surface area contributed by atoms with Crippen LogP contribution in [-0.2, 0) is 0 Å². The number of hydrogen-bond donors (Lipinski definition) is 1. The summed E-state index contributed by atoms with van der Waals surface area (Å²) >= 11 is 5.62. The molecule has 82 valence electrons. The summed E-state index contributed by atoms with van der Waals surface area (Å²) in [5.41, 5.74) is 5.62. The maximum Gasteiger partial charge on any atom is 0.284 e. The Labute approximate surface area is 95.6 Å². The molecule has 0 aliphatic rings. The molecule has 0 radical (unpaired) electrons. The number of benzene rings is 1. The second-order valence-corrected chi connectivity index (χ2v) is 3.56. The average molecular weight is 240 g/mol. The monoisotopic (exact) mass is 239 g/mol. The van der Waals surface area contributed by atoms with Gasteiger partial charge in [0.05, 0.1) is 5.02 Å². The lowest BCUT2D eigenvalue weighted by molar-refractivity contribution is 0.0974. The molecule has 2 N–H and O–H groups in total. The molecule has 0 bridgehead atoms.